The molecule has 0 unspecified atom stereocenters. The second-order valence-electron chi connectivity index (χ2n) is 1.57. The summed E-state index contributed by atoms with van der Waals surface area (Å²) in [5.41, 5.74) is 0. The molecule has 16 heavy (non-hydrogen) atoms. The molecule has 0 radical (unpaired) electrons. The standard InChI is InChI=1S/2C2HCl3O2.2Li/c2*3-2(4,5)1(6)7;;/h2*(H,6,7);;/q;;2*+1/p-2. The van der Waals surface area contributed by atoms with Crippen molar-refractivity contribution < 1.29 is 57.5 Å². The van der Waals surface area contributed by atoms with Gasteiger partial charge in [0, 0.05) is 0 Å². The number of hydrogen-bond acceptors (Lipinski definition) is 4. The molecule has 0 fully saturated rings. The molecule has 0 aliphatic carbocycles. The number of alkyl halides is 6. The average molecular weight is 339 g/mol. The zero-order valence-electron chi connectivity index (χ0n) is 7.90. The summed E-state index contributed by atoms with van der Waals surface area (Å²) in [7, 11) is 0. The van der Waals surface area contributed by atoms with E-state index in [1.807, 2.05) is 0 Å². The fourth-order valence-corrected chi connectivity index (χ4v) is 0. The Kier molecular flexibility index (Phi) is 17.8. The maximum Gasteiger partial charge on any atom is 1.00 e. The predicted octanol–water partition coefficient (Wildman–Crippen LogP) is -5.78. The van der Waals surface area contributed by atoms with E-state index in [-0.39, 0.29) is 37.7 Å². The van der Waals surface area contributed by atoms with Gasteiger partial charge in [-0.25, -0.2) is 0 Å². The van der Waals surface area contributed by atoms with E-state index in [1.165, 1.54) is 0 Å². The minimum absolute atomic E-state index is 0. The van der Waals surface area contributed by atoms with Gasteiger partial charge in [0.1, 0.15) is 0 Å². The van der Waals surface area contributed by atoms with Crippen molar-refractivity contribution in [2.75, 3.05) is 0 Å². The molecule has 0 rings (SSSR count). The van der Waals surface area contributed by atoms with Gasteiger partial charge >= 0.3 is 37.7 Å². The van der Waals surface area contributed by atoms with Crippen LogP contribution >= 0.6 is 69.6 Å². The van der Waals surface area contributed by atoms with Crippen LogP contribution in [0.3, 0.4) is 0 Å². The van der Waals surface area contributed by atoms with Crippen molar-refractivity contribution in [3.05, 3.63) is 0 Å². The van der Waals surface area contributed by atoms with Gasteiger partial charge in [-0.05, 0) is 0 Å². The van der Waals surface area contributed by atoms with Gasteiger partial charge in [0.15, 0.2) is 0 Å². The molecule has 0 amide bonds. The normalized spacial score (nSPS) is 9.88. The molecule has 0 bridgehead atoms. The molecule has 12 heteroatoms. The Morgan fingerprint density at radius 3 is 0.750 bits per heavy atom. The van der Waals surface area contributed by atoms with Crippen LogP contribution in [-0.4, -0.2) is 19.5 Å². The monoisotopic (exact) mass is 336 g/mol. The molecule has 0 aromatic carbocycles. The van der Waals surface area contributed by atoms with Crippen LogP contribution in [-0.2, 0) is 9.59 Å². The third-order valence-electron chi connectivity index (χ3n) is 0.463. The minimum atomic E-state index is -2.28. The van der Waals surface area contributed by atoms with Gasteiger partial charge in [0.05, 0.1) is 11.9 Å². The second kappa shape index (κ2) is 10.8. The average Bonchev–Trinajstić information content (AvgIpc) is 1.83. The van der Waals surface area contributed by atoms with Crippen molar-refractivity contribution in [1.82, 2.24) is 0 Å². The van der Waals surface area contributed by atoms with Crippen molar-refractivity contribution in [3.8, 4) is 0 Å². The van der Waals surface area contributed by atoms with Crippen LogP contribution < -0.4 is 47.9 Å². The fourth-order valence-electron chi connectivity index (χ4n) is 0. The zero-order valence-corrected chi connectivity index (χ0v) is 12.4. The van der Waals surface area contributed by atoms with Crippen LogP contribution in [0.4, 0.5) is 0 Å². The maximum absolute atomic E-state index is 9.51. The van der Waals surface area contributed by atoms with Gasteiger partial charge in [-0.3, -0.25) is 0 Å². The molecule has 0 aromatic rings. The fraction of sp³-hybridized carbons (Fsp3) is 0.500. The molecule has 0 saturated heterocycles. The largest absolute Gasteiger partial charge is 1.00 e. The van der Waals surface area contributed by atoms with Crippen molar-refractivity contribution in [1.29, 1.82) is 0 Å². The number of carboxylic acid groups (broad SMARTS) is 2. The first-order chi connectivity index (χ1) is 5.89. The Hall–Kier alpha value is 1.87. The Morgan fingerprint density at radius 2 is 0.750 bits per heavy atom. The van der Waals surface area contributed by atoms with Crippen LogP contribution in [0.25, 0.3) is 0 Å². The van der Waals surface area contributed by atoms with E-state index < -0.39 is 19.5 Å². The van der Waals surface area contributed by atoms with E-state index in [0.717, 1.165) is 0 Å². The van der Waals surface area contributed by atoms with E-state index in [1.54, 1.807) is 0 Å². The first-order valence-corrected chi connectivity index (χ1v) is 4.72. The number of carbonyl (C=O) groups excluding carboxylic acids is 2. The van der Waals surface area contributed by atoms with Gasteiger partial charge in [-0.1, -0.05) is 69.6 Å². The number of carbonyl (C=O) groups is 2. The van der Waals surface area contributed by atoms with Gasteiger partial charge in [0.2, 0.25) is 7.59 Å². The molecule has 0 aliphatic rings. The Morgan fingerprint density at radius 1 is 0.688 bits per heavy atom. The van der Waals surface area contributed by atoms with E-state index in [0.29, 0.717) is 0 Å². The number of carboxylic acids is 2. The van der Waals surface area contributed by atoms with E-state index in [2.05, 4.69) is 0 Å². The molecule has 0 saturated carbocycles. The third-order valence-corrected chi connectivity index (χ3v) is 1.39. The first kappa shape index (κ1) is 26.4. The third kappa shape index (κ3) is 18.2. The molecule has 4 nitrogen and oxygen atoms in total. The molecule has 0 spiro atoms. The van der Waals surface area contributed by atoms with Crippen molar-refractivity contribution in [2.24, 2.45) is 0 Å². The molecular weight excluding hydrogens is 339 g/mol. The topological polar surface area (TPSA) is 80.3 Å². The first-order valence-electron chi connectivity index (χ1n) is 2.45. The summed E-state index contributed by atoms with van der Waals surface area (Å²) in [5.74, 6) is -3.42. The molecule has 0 aliphatic heterocycles. The van der Waals surface area contributed by atoms with E-state index in [4.69, 9.17) is 69.6 Å². The van der Waals surface area contributed by atoms with Crippen LogP contribution in [0.2, 0.25) is 0 Å². The molecule has 0 atom stereocenters. The Balaban J connectivity index is -0.0000000800. The van der Waals surface area contributed by atoms with Crippen molar-refractivity contribution in [2.45, 2.75) is 7.59 Å². The molecule has 0 aromatic heterocycles. The predicted molar refractivity (Wildman–Crippen MR) is 50.6 cm³/mol. The van der Waals surface area contributed by atoms with Crippen molar-refractivity contribution >= 4 is 81.5 Å². The number of halogens is 6. The quantitative estimate of drug-likeness (QED) is 0.326. The van der Waals surface area contributed by atoms with Gasteiger partial charge < -0.3 is 19.8 Å². The second-order valence-corrected chi connectivity index (χ2v) is 6.13. The summed E-state index contributed by atoms with van der Waals surface area (Å²) in [6.45, 7) is 0. The molecule has 0 heterocycles. The van der Waals surface area contributed by atoms with Gasteiger partial charge in [-0.2, -0.15) is 0 Å². The van der Waals surface area contributed by atoms with Crippen molar-refractivity contribution in [3.63, 3.8) is 0 Å². The van der Waals surface area contributed by atoms with Crippen LogP contribution in [0, 0.1) is 0 Å². The SMILES string of the molecule is O=C([O-])C(Cl)(Cl)Cl.O=C([O-])C(Cl)(Cl)Cl.[Li+].[Li+]. The van der Waals surface area contributed by atoms with Gasteiger partial charge in [-0.15, -0.1) is 0 Å². The summed E-state index contributed by atoms with van der Waals surface area (Å²) >= 11 is 28.4. The number of rotatable bonds is 0. The Labute approximate surface area is 145 Å². The summed E-state index contributed by atoms with van der Waals surface area (Å²) in [6.07, 6.45) is 0. The van der Waals surface area contributed by atoms with Crippen LogP contribution in [0.1, 0.15) is 0 Å². The molecule has 0 N–H and O–H groups in total. The number of aliphatic carboxylic acids is 2. The smallest absolute Gasteiger partial charge is 0.545 e. The summed E-state index contributed by atoms with van der Waals surface area (Å²) in [6, 6.07) is 0. The molecule has 84 valence electrons. The van der Waals surface area contributed by atoms with E-state index in [9.17, 15) is 19.8 Å². The van der Waals surface area contributed by atoms with Crippen LogP contribution in [0.5, 0.6) is 0 Å². The van der Waals surface area contributed by atoms with E-state index >= 15 is 0 Å². The minimum Gasteiger partial charge on any atom is -0.545 e. The molecular formula is C4Cl6Li2O4. The van der Waals surface area contributed by atoms with Crippen LogP contribution in [0.15, 0.2) is 0 Å². The summed E-state index contributed by atoms with van der Waals surface area (Å²) < 4.78 is -4.56. The summed E-state index contributed by atoms with van der Waals surface area (Å²) in [5, 5.41) is 19.0. The maximum atomic E-state index is 9.51. The number of hydrogen-bond donors (Lipinski definition) is 0. The summed E-state index contributed by atoms with van der Waals surface area (Å²) in [4.78, 5) is 19.0. The zero-order chi connectivity index (χ0) is 12.2. The van der Waals surface area contributed by atoms with Gasteiger partial charge in [0.25, 0.3) is 0 Å². The Bertz CT molecular complexity index is 200.